The fourth-order valence-corrected chi connectivity index (χ4v) is 3.39. The van der Waals surface area contributed by atoms with E-state index in [4.69, 9.17) is 16.3 Å². The maximum absolute atomic E-state index is 12.2. The molecule has 1 aliphatic heterocycles. The monoisotopic (exact) mass is 478 g/mol. The molecule has 0 saturated carbocycles. The van der Waals surface area contributed by atoms with Gasteiger partial charge in [-0.3, -0.25) is 19.3 Å². The summed E-state index contributed by atoms with van der Waals surface area (Å²) in [6, 6.07) is 9.25. The van der Waals surface area contributed by atoms with Gasteiger partial charge >= 0.3 is 5.97 Å². The van der Waals surface area contributed by atoms with Crippen LogP contribution in [0.4, 0.5) is 11.4 Å². The Morgan fingerprint density at radius 2 is 1.72 bits per heavy atom. The Morgan fingerprint density at radius 1 is 1.10 bits per heavy atom. The van der Waals surface area contributed by atoms with Crippen LogP contribution in [-0.2, 0) is 19.1 Å². The number of imide groups is 1. The fourth-order valence-electron chi connectivity index (χ4n) is 2.80. The molecule has 0 aromatic heterocycles. The number of hydrogen-bond donors (Lipinski definition) is 1. The third-order valence-corrected chi connectivity index (χ3v) is 5.74. The Balaban J connectivity index is 1.58. The standard InChI is InChI=1S/C20H16BrClN2O5/c1-11-15(7-6-14(21)19(11)22)23-16(25)10-29-20(28)12-2-4-13(5-3-12)24-17(26)8-9-18(24)27/h2-7H,8-10H2,1H3,(H,23,25). The molecule has 2 aromatic carbocycles. The smallest absolute Gasteiger partial charge is 0.338 e. The molecule has 1 fully saturated rings. The van der Waals surface area contributed by atoms with Crippen LogP contribution in [0, 0.1) is 6.92 Å². The number of nitrogens with zero attached hydrogens (tertiary/aromatic N) is 1. The van der Waals surface area contributed by atoms with Crippen molar-refractivity contribution in [1.82, 2.24) is 0 Å². The van der Waals surface area contributed by atoms with Crippen LogP contribution in [-0.4, -0.2) is 30.3 Å². The minimum atomic E-state index is -0.698. The maximum atomic E-state index is 12.2. The molecule has 150 valence electrons. The molecule has 0 unspecified atom stereocenters. The summed E-state index contributed by atoms with van der Waals surface area (Å²) in [6.07, 6.45) is 0.363. The van der Waals surface area contributed by atoms with Crippen LogP contribution >= 0.6 is 27.5 Å². The second kappa shape index (κ2) is 8.75. The lowest BCUT2D eigenvalue weighted by atomic mass is 10.2. The van der Waals surface area contributed by atoms with Gasteiger partial charge in [-0.2, -0.15) is 0 Å². The predicted molar refractivity (Wildman–Crippen MR) is 111 cm³/mol. The molecule has 0 radical (unpaired) electrons. The minimum absolute atomic E-state index is 0.181. The van der Waals surface area contributed by atoms with E-state index in [1.165, 1.54) is 24.3 Å². The van der Waals surface area contributed by atoms with Gasteiger partial charge in [0.25, 0.3) is 5.91 Å². The molecule has 0 aliphatic carbocycles. The van der Waals surface area contributed by atoms with Crippen molar-refractivity contribution in [3.63, 3.8) is 0 Å². The number of anilines is 2. The van der Waals surface area contributed by atoms with Gasteiger partial charge in [0.15, 0.2) is 6.61 Å². The predicted octanol–water partition coefficient (Wildman–Crippen LogP) is 3.86. The summed E-state index contributed by atoms with van der Waals surface area (Å²) in [7, 11) is 0. The molecule has 0 atom stereocenters. The highest BCUT2D eigenvalue weighted by molar-refractivity contribution is 9.10. The molecule has 1 aliphatic rings. The zero-order valence-corrected chi connectivity index (χ0v) is 17.7. The van der Waals surface area contributed by atoms with Gasteiger partial charge in [-0.15, -0.1) is 0 Å². The molecule has 1 saturated heterocycles. The zero-order chi connectivity index (χ0) is 21.1. The van der Waals surface area contributed by atoms with Gasteiger partial charge < -0.3 is 10.1 Å². The molecule has 1 heterocycles. The van der Waals surface area contributed by atoms with Crippen molar-refractivity contribution < 1.29 is 23.9 Å². The summed E-state index contributed by atoms with van der Waals surface area (Å²) in [4.78, 5) is 48.8. The van der Waals surface area contributed by atoms with Crippen molar-refractivity contribution in [2.24, 2.45) is 0 Å². The maximum Gasteiger partial charge on any atom is 0.338 e. The van der Waals surface area contributed by atoms with E-state index in [-0.39, 0.29) is 30.2 Å². The number of halogens is 2. The number of hydrogen-bond acceptors (Lipinski definition) is 5. The van der Waals surface area contributed by atoms with E-state index < -0.39 is 18.5 Å². The molecule has 7 nitrogen and oxygen atoms in total. The van der Waals surface area contributed by atoms with Gasteiger partial charge in [0, 0.05) is 23.0 Å². The van der Waals surface area contributed by atoms with E-state index >= 15 is 0 Å². The first kappa shape index (κ1) is 21.0. The molecule has 3 rings (SSSR count). The molecule has 29 heavy (non-hydrogen) atoms. The number of ether oxygens (including phenoxy) is 1. The van der Waals surface area contributed by atoms with Crippen LogP contribution in [0.15, 0.2) is 40.9 Å². The lowest BCUT2D eigenvalue weighted by Crippen LogP contribution is -2.28. The number of rotatable bonds is 5. The number of benzene rings is 2. The Labute approximate surface area is 180 Å². The second-order valence-corrected chi connectivity index (χ2v) is 7.56. The van der Waals surface area contributed by atoms with Crippen molar-refractivity contribution in [3.05, 3.63) is 57.0 Å². The normalized spacial score (nSPS) is 13.6. The average Bonchev–Trinajstić information content (AvgIpc) is 3.05. The molecule has 3 amide bonds. The van der Waals surface area contributed by atoms with Crippen molar-refractivity contribution in [2.75, 3.05) is 16.8 Å². The molecule has 0 spiro atoms. The zero-order valence-electron chi connectivity index (χ0n) is 15.3. The van der Waals surface area contributed by atoms with Gasteiger partial charge in [-0.1, -0.05) is 11.6 Å². The average molecular weight is 480 g/mol. The number of esters is 1. The lowest BCUT2D eigenvalue weighted by Gasteiger charge is -2.14. The van der Waals surface area contributed by atoms with E-state index in [9.17, 15) is 19.2 Å². The lowest BCUT2D eigenvalue weighted by molar-refractivity contribution is -0.121. The largest absolute Gasteiger partial charge is 0.452 e. The summed E-state index contributed by atoms with van der Waals surface area (Å²) in [5, 5.41) is 3.12. The van der Waals surface area contributed by atoms with Crippen molar-refractivity contribution in [1.29, 1.82) is 0 Å². The van der Waals surface area contributed by atoms with E-state index in [1.54, 1.807) is 19.1 Å². The quantitative estimate of drug-likeness (QED) is 0.519. The summed E-state index contributed by atoms with van der Waals surface area (Å²) < 4.78 is 5.73. The van der Waals surface area contributed by atoms with E-state index in [2.05, 4.69) is 21.2 Å². The fraction of sp³-hybridized carbons (Fsp3) is 0.200. The highest BCUT2D eigenvalue weighted by atomic mass is 79.9. The molecule has 1 N–H and O–H groups in total. The summed E-state index contributed by atoms with van der Waals surface area (Å²) in [6.45, 7) is 1.28. The van der Waals surface area contributed by atoms with Crippen LogP contribution in [0.1, 0.15) is 28.8 Å². The number of carbonyl (C=O) groups is 4. The Morgan fingerprint density at radius 3 is 2.34 bits per heavy atom. The highest BCUT2D eigenvalue weighted by Crippen LogP contribution is 2.31. The van der Waals surface area contributed by atoms with Crippen molar-refractivity contribution in [3.8, 4) is 0 Å². The number of amides is 3. The van der Waals surface area contributed by atoms with Crippen molar-refractivity contribution >= 4 is 62.6 Å². The van der Waals surface area contributed by atoms with Gasteiger partial charge in [0.05, 0.1) is 16.3 Å². The summed E-state index contributed by atoms with van der Waals surface area (Å²) in [5.74, 6) is -1.75. The topological polar surface area (TPSA) is 92.8 Å². The third-order valence-electron chi connectivity index (χ3n) is 4.36. The molecule has 2 aromatic rings. The highest BCUT2D eigenvalue weighted by Gasteiger charge is 2.30. The number of nitrogens with one attached hydrogen (secondary N) is 1. The summed E-state index contributed by atoms with van der Waals surface area (Å²) in [5.41, 5.74) is 1.80. The van der Waals surface area contributed by atoms with Gasteiger partial charge in [-0.05, 0) is 64.8 Å². The van der Waals surface area contributed by atoms with Crippen LogP contribution in [0.3, 0.4) is 0 Å². The Bertz CT molecular complexity index is 991. The molecule has 9 heteroatoms. The summed E-state index contributed by atoms with van der Waals surface area (Å²) >= 11 is 9.42. The first-order valence-corrected chi connectivity index (χ1v) is 9.82. The van der Waals surface area contributed by atoms with Gasteiger partial charge in [0.1, 0.15) is 0 Å². The minimum Gasteiger partial charge on any atom is -0.452 e. The van der Waals surface area contributed by atoms with Crippen molar-refractivity contribution in [2.45, 2.75) is 19.8 Å². The molecular formula is C20H16BrClN2O5. The molecular weight excluding hydrogens is 464 g/mol. The van der Waals surface area contributed by atoms with E-state index in [0.717, 1.165) is 4.90 Å². The third kappa shape index (κ3) is 4.65. The SMILES string of the molecule is Cc1c(NC(=O)COC(=O)c2ccc(N3C(=O)CCC3=O)cc2)ccc(Br)c1Cl. The Kier molecular flexibility index (Phi) is 6.34. The second-order valence-electron chi connectivity index (χ2n) is 6.33. The van der Waals surface area contributed by atoms with Crippen LogP contribution in [0.2, 0.25) is 5.02 Å². The Hall–Kier alpha value is -2.71. The molecule has 0 bridgehead atoms. The van der Waals surface area contributed by atoms with Gasteiger partial charge in [0.2, 0.25) is 11.8 Å². The van der Waals surface area contributed by atoms with Crippen LogP contribution < -0.4 is 10.2 Å². The van der Waals surface area contributed by atoms with E-state index in [1.807, 2.05) is 0 Å². The number of carbonyl (C=O) groups excluding carboxylic acids is 4. The van der Waals surface area contributed by atoms with Crippen LogP contribution in [0.25, 0.3) is 0 Å². The first-order valence-electron chi connectivity index (χ1n) is 8.65. The first-order chi connectivity index (χ1) is 13.8. The van der Waals surface area contributed by atoms with Gasteiger partial charge in [-0.25, -0.2) is 4.79 Å². The van der Waals surface area contributed by atoms with E-state index in [0.29, 0.717) is 26.4 Å². The van der Waals surface area contributed by atoms with Crippen LogP contribution in [0.5, 0.6) is 0 Å².